The zero-order valence-electron chi connectivity index (χ0n) is 17.6. The van der Waals surface area contributed by atoms with Gasteiger partial charge in [-0.15, -0.1) is 0 Å². The molecule has 2 heterocycles. The maximum Gasteiger partial charge on any atom is 0.253 e. The van der Waals surface area contributed by atoms with Crippen LogP contribution in [0.3, 0.4) is 0 Å². The standard InChI is InChI=1S/C24H25N3O5/c28-22-11-15(13-27(22)17-9-10-20-21(12-17)32-14-31-20)23(29)26-19-8-4-3-7-18(19)24(30)25-16-5-1-2-6-16/h3-4,7-10,12,15-16H,1-2,5-6,11,13-14H2,(H,25,30)(H,26,29)/t15-/m1/s1. The van der Waals surface area contributed by atoms with Crippen LogP contribution in [0.4, 0.5) is 11.4 Å². The first-order valence-electron chi connectivity index (χ1n) is 11.0. The largest absolute Gasteiger partial charge is 0.454 e. The molecule has 8 nitrogen and oxygen atoms in total. The average Bonchev–Trinajstić information content (AvgIpc) is 3.54. The molecule has 0 bridgehead atoms. The Bertz CT molecular complexity index is 1060. The van der Waals surface area contributed by atoms with Gasteiger partial charge in [0, 0.05) is 30.8 Å². The summed E-state index contributed by atoms with van der Waals surface area (Å²) in [6.45, 7) is 0.423. The lowest BCUT2D eigenvalue weighted by molar-refractivity contribution is -0.122. The Morgan fingerprint density at radius 1 is 1.00 bits per heavy atom. The number of amides is 3. The molecule has 2 aliphatic heterocycles. The predicted molar refractivity (Wildman–Crippen MR) is 118 cm³/mol. The molecule has 3 aliphatic rings. The summed E-state index contributed by atoms with van der Waals surface area (Å²) in [7, 11) is 0. The molecule has 166 valence electrons. The highest BCUT2D eigenvalue weighted by atomic mass is 16.7. The van der Waals surface area contributed by atoms with Crippen LogP contribution < -0.4 is 25.0 Å². The molecule has 2 fully saturated rings. The number of nitrogens with one attached hydrogen (secondary N) is 2. The minimum absolute atomic E-state index is 0.108. The SMILES string of the molecule is O=C(NC1CCCC1)c1ccccc1NC(=O)[C@@H]1CC(=O)N(c2ccc3c(c2)OCO3)C1. The molecule has 0 radical (unpaired) electrons. The molecule has 8 heteroatoms. The summed E-state index contributed by atoms with van der Waals surface area (Å²) in [5.74, 6) is 0.128. The van der Waals surface area contributed by atoms with Gasteiger partial charge in [0.05, 0.1) is 17.2 Å². The van der Waals surface area contributed by atoms with E-state index in [2.05, 4.69) is 10.6 Å². The fourth-order valence-electron chi connectivity index (χ4n) is 4.54. The third kappa shape index (κ3) is 4.00. The third-order valence-corrected chi connectivity index (χ3v) is 6.28. The first-order chi connectivity index (χ1) is 15.6. The zero-order chi connectivity index (χ0) is 22.1. The van der Waals surface area contributed by atoms with Gasteiger partial charge >= 0.3 is 0 Å². The molecule has 3 amide bonds. The number of fused-ring (bicyclic) bond motifs is 1. The minimum atomic E-state index is -0.515. The fourth-order valence-corrected chi connectivity index (χ4v) is 4.54. The van der Waals surface area contributed by atoms with Gasteiger partial charge in [-0.25, -0.2) is 0 Å². The van der Waals surface area contributed by atoms with E-state index in [4.69, 9.17) is 9.47 Å². The van der Waals surface area contributed by atoms with E-state index in [1.54, 1.807) is 47.4 Å². The van der Waals surface area contributed by atoms with Gasteiger partial charge in [0.2, 0.25) is 18.6 Å². The van der Waals surface area contributed by atoms with Gasteiger partial charge in [-0.05, 0) is 37.1 Å². The number of benzene rings is 2. The molecule has 0 unspecified atom stereocenters. The van der Waals surface area contributed by atoms with Crippen molar-refractivity contribution in [3.05, 3.63) is 48.0 Å². The Hall–Kier alpha value is -3.55. The average molecular weight is 435 g/mol. The Balaban J connectivity index is 1.27. The van der Waals surface area contributed by atoms with E-state index >= 15 is 0 Å². The number of rotatable bonds is 5. The van der Waals surface area contributed by atoms with Crippen LogP contribution >= 0.6 is 0 Å². The molecule has 1 atom stereocenters. The minimum Gasteiger partial charge on any atom is -0.454 e. The van der Waals surface area contributed by atoms with E-state index in [0.717, 1.165) is 25.7 Å². The van der Waals surface area contributed by atoms with Crippen molar-refractivity contribution in [1.82, 2.24) is 5.32 Å². The van der Waals surface area contributed by atoms with E-state index < -0.39 is 5.92 Å². The number of hydrogen-bond acceptors (Lipinski definition) is 5. The first-order valence-corrected chi connectivity index (χ1v) is 11.0. The van der Waals surface area contributed by atoms with Gasteiger partial charge in [-0.1, -0.05) is 25.0 Å². The number of para-hydroxylation sites is 1. The number of ether oxygens (including phenoxy) is 2. The van der Waals surface area contributed by atoms with Gasteiger partial charge < -0.3 is 25.0 Å². The lowest BCUT2D eigenvalue weighted by Gasteiger charge is -2.18. The molecule has 1 aliphatic carbocycles. The molecule has 5 rings (SSSR count). The van der Waals surface area contributed by atoms with Crippen LogP contribution in [0.2, 0.25) is 0 Å². The number of carbonyl (C=O) groups excluding carboxylic acids is 3. The van der Waals surface area contributed by atoms with E-state index in [0.29, 0.717) is 28.4 Å². The summed E-state index contributed by atoms with van der Waals surface area (Å²) >= 11 is 0. The molecule has 2 aromatic carbocycles. The lowest BCUT2D eigenvalue weighted by atomic mass is 10.1. The van der Waals surface area contributed by atoms with Crippen molar-refractivity contribution in [2.45, 2.75) is 38.1 Å². The van der Waals surface area contributed by atoms with Crippen molar-refractivity contribution in [3.63, 3.8) is 0 Å². The second-order valence-electron chi connectivity index (χ2n) is 8.43. The van der Waals surface area contributed by atoms with Gasteiger partial charge in [-0.3, -0.25) is 14.4 Å². The summed E-state index contributed by atoms with van der Waals surface area (Å²) in [6, 6.07) is 12.5. The molecule has 1 saturated carbocycles. The van der Waals surface area contributed by atoms with Crippen molar-refractivity contribution in [2.75, 3.05) is 23.6 Å². The van der Waals surface area contributed by atoms with Gasteiger partial charge in [-0.2, -0.15) is 0 Å². The summed E-state index contributed by atoms with van der Waals surface area (Å²) < 4.78 is 10.7. The fraction of sp³-hybridized carbons (Fsp3) is 0.375. The molecule has 32 heavy (non-hydrogen) atoms. The smallest absolute Gasteiger partial charge is 0.253 e. The Labute approximate surface area is 185 Å². The quantitative estimate of drug-likeness (QED) is 0.752. The molecular formula is C24H25N3O5. The predicted octanol–water partition coefficient (Wildman–Crippen LogP) is 3.08. The highest BCUT2D eigenvalue weighted by molar-refractivity contribution is 6.07. The van der Waals surface area contributed by atoms with Crippen molar-refractivity contribution in [3.8, 4) is 11.5 Å². The highest BCUT2D eigenvalue weighted by Crippen LogP contribution is 2.37. The lowest BCUT2D eigenvalue weighted by Crippen LogP contribution is -2.34. The Morgan fingerprint density at radius 3 is 2.62 bits per heavy atom. The van der Waals surface area contributed by atoms with E-state index in [-0.39, 0.29) is 43.5 Å². The van der Waals surface area contributed by atoms with Gasteiger partial charge in [0.25, 0.3) is 5.91 Å². The van der Waals surface area contributed by atoms with Crippen LogP contribution in [0.5, 0.6) is 11.5 Å². The Kier molecular flexibility index (Phi) is 5.43. The Morgan fingerprint density at radius 2 is 1.78 bits per heavy atom. The van der Waals surface area contributed by atoms with Crippen molar-refractivity contribution < 1.29 is 23.9 Å². The second kappa shape index (κ2) is 8.53. The summed E-state index contributed by atoms with van der Waals surface area (Å²) in [4.78, 5) is 39.9. The van der Waals surface area contributed by atoms with E-state index in [1.165, 1.54) is 0 Å². The van der Waals surface area contributed by atoms with Crippen LogP contribution in [-0.4, -0.2) is 37.1 Å². The number of hydrogen-bond donors (Lipinski definition) is 2. The summed E-state index contributed by atoms with van der Waals surface area (Å²) in [5.41, 5.74) is 1.57. The molecule has 2 aromatic rings. The van der Waals surface area contributed by atoms with Crippen molar-refractivity contribution in [1.29, 1.82) is 0 Å². The maximum absolute atomic E-state index is 13.0. The van der Waals surface area contributed by atoms with Gasteiger partial charge in [0.15, 0.2) is 11.5 Å². The maximum atomic E-state index is 13.0. The summed E-state index contributed by atoms with van der Waals surface area (Å²) in [5, 5.41) is 5.93. The van der Waals surface area contributed by atoms with E-state index in [9.17, 15) is 14.4 Å². The molecule has 0 spiro atoms. The van der Waals surface area contributed by atoms with Crippen LogP contribution in [0.15, 0.2) is 42.5 Å². The summed E-state index contributed by atoms with van der Waals surface area (Å²) in [6.07, 6.45) is 4.33. The van der Waals surface area contributed by atoms with Crippen LogP contribution in [0.1, 0.15) is 42.5 Å². The highest BCUT2D eigenvalue weighted by Gasteiger charge is 2.36. The van der Waals surface area contributed by atoms with Gasteiger partial charge in [0.1, 0.15) is 0 Å². The van der Waals surface area contributed by atoms with Crippen LogP contribution in [0, 0.1) is 5.92 Å². The normalized spacial score (nSPS) is 19.9. The van der Waals surface area contributed by atoms with E-state index in [1.807, 2.05) is 0 Å². The molecule has 1 saturated heterocycles. The third-order valence-electron chi connectivity index (χ3n) is 6.28. The molecular weight excluding hydrogens is 410 g/mol. The monoisotopic (exact) mass is 435 g/mol. The zero-order valence-corrected chi connectivity index (χ0v) is 17.6. The molecule has 0 aromatic heterocycles. The topological polar surface area (TPSA) is 97.0 Å². The number of nitrogens with zero attached hydrogens (tertiary/aromatic N) is 1. The second-order valence-corrected chi connectivity index (χ2v) is 8.43. The molecule has 2 N–H and O–H groups in total. The first kappa shape index (κ1) is 20.4. The van der Waals surface area contributed by atoms with Crippen LogP contribution in [-0.2, 0) is 9.59 Å². The number of carbonyl (C=O) groups is 3. The number of anilines is 2. The van der Waals surface area contributed by atoms with Crippen LogP contribution in [0.25, 0.3) is 0 Å². The van der Waals surface area contributed by atoms with Crippen molar-refractivity contribution in [2.24, 2.45) is 5.92 Å². The van der Waals surface area contributed by atoms with Crippen molar-refractivity contribution >= 4 is 29.1 Å².